The molecule has 3 aromatic carbocycles. The molecule has 21 heteroatoms. The minimum atomic E-state index is -1.68. The molecule has 2 heterocycles. The fourth-order valence-corrected chi connectivity index (χ4v) is 7.65. The van der Waals surface area contributed by atoms with Gasteiger partial charge in [0, 0.05) is 43.2 Å². The highest BCUT2D eigenvalue weighted by atomic mass is 16.5. The number of hydrogen-bond acceptors (Lipinski definition) is 16. The van der Waals surface area contributed by atoms with E-state index in [-0.39, 0.29) is 89.8 Å². The van der Waals surface area contributed by atoms with Crippen LogP contribution in [0.1, 0.15) is 72.9 Å². The molecule has 21 nitrogen and oxygen atoms in total. The van der Waals surface area contributed by atoms with Crippen molar-refractivity contribution < 1.29 is 53.9 Å². The number of nitrogen functional groups attached to an aromatic ring is 1. The van der Waals surface area contributed by atoms with Crippen LogP contribution >= 0.6 is 0 Å². The molecule has 0 fully saturated rings. The van der Waals surface area contributed by atoms with Gasteiger partial charge >= 0.3 is 5.97 Å². The Balaban J connectivity index is 1.65. The number of carboxylic acids is 1. The molecule has 68 heavy (non-hydrogen) atoms. The van der Waals surface area contributed by atoms with Gasteiger partial charge in [0.05, 0.1) is 5.69 Å². The van der Waals surface area contributed by atoms with Crippen LogP contribution in [-0.2, 0) is 31.0 Å². The first kappa shape index (κ1) is 52.1. The van der Waals surface area contributed by atoms with Crippen molar-refractivity contribution >= 4 is 35.4 Å². The number of anilines is 1. The molecule has 0 aliphatic carbocycles. The third-order valence-electron chi connectivity index (χ3n) is 11.3. The van der Waals surface area contributed by atoms with Crippen molar-refractivity contribution in [1.29, 1.82) is 0 Å². The maximum Gasteiger partial charge on any atom is 0.326 e. The second-order valence-electron chi connectivity index (χ2n) is 17.6. The van der Waals surface area contributed by atoms with Crippen molar-refractivity contribution in [3.8, 4) is 39.8 Å². The minimum absolute atomic E-state index is 0.00717. The number of nitrogens with zero attached hydrogens (tertiary/aromatic N) is 3. The molecule has 5 rings (SSSR count). The average Bonchev–Trinajstić information content (AvgIpc) is 3.29. The number of phenols is 1. The highest BCUT2D eigenvalue weighted by molar-refractivity contribution is 6.02. The zero-order valence-electron chi connectivity index (χ0n) is 38.9. The topological polar surface area (TPSA) is 354 Å². The van der Waals surface area contributed by atoms with Crippen LogP contribution in [0.5, 0.6) is 17.2 Å². The predicted molar refractivity (Wildman–Crippen MR) is 251 cm³/mol. The zero-order chi connectivity index (χ0) is 50.2. The van der Waals surface area contributed by atoms with Crippen LogP contribution in [0, 0.1) is 6.92 Å². The lowest BCUT2D eigenvalue weighted by molar-refractivity contribution is -0.143. The van der Waals surface area contributed by atoms with Crippen LogP contribution in [0.2, 0.25) is 0 Å². The number of aryl methyl sites for hydroxylation is 1. The molecule has 0 radical (unpaired) electrons. The van der Waals surface area contributed by atoms with Crippen LogP contribution in [0.4, 0.5) is 5.82 Å². The van der Waals surface area contributed by atoms with Crippen molar-refractivity contribution in [2.24, 2.45) is 17.2 Å². The summed E-state index contributed by atoms with van der Waals surface area (Å²) in [5, 5.41) is 50.4. The molecule has 1 aliphatic rings. The van der Waals surface area contributed by atoms with E-state index in [0.29, 0.717) is 11.4 Å². The fourth-order valence-electron chi connectivity index (χ4n) is 7.65. The number of aromatic hydroxyl groups is 1. The van der Waals surface area contributed by atoms with Crippen molar-refractivity contribution in [2.45, 2.75) is 89.3 Å². The highest BCUT2D eigenvalue weighted by Crippen LogP contribution is 2.45. The summed E-state index contributed by atoms with van der Waals surface area (Å²) in [6.45, 7) is 7.82. The van der Waals surface area contributed by atoms with Crippen molar-refractivity contribution in [3.63, 3.8) is 0 Å². The number of nitrogens with two attached hydrogens (primary N) is 4. The molecule has 4 bridgehead atoms. The van der Waals surface area contributed by atoms with Crippen LogP contribution in [0.25, 0.3) is 22.5 Å². The Morgan fingerprint density at radius 3 is 2.15 bits per heavy atom. The summed E-state index contributed by atoms with van der Waals surface area (Å²) in [5.41, 5.74) is 25.6. The first-order valence-corrected chi connectivity index (χ1v) is 22.0. The molecule has 1 aliphatic heterocycles. The molecular weight excluding hydrogens is 881 g/mol. The lowest BCUT2D eigenvalue weighted by Crippen LogP contribution is -2.55. The second kappa shape index (κ2) is 22.3. The Bertz CT molecular complexity index is 2490. The highest BCUT2D eigenvalue weighted by Gasteiger charge is 2.37. The number of phenolic OH excluding ortho intramolecular Hbond substituents is 1. The molecule has 0 saturated heterocycles. The van der Waals surface area contributed by atoms with Gasteiger partial charge in [0.1, 0.15) is 66.7 Å². The van der Waals surface area contributed by atoms with Gasteiger partial charge in [-0.2, -0.15) is 0 Å². The van der Waals surface area contributed by atoms with Crippen molar-refractivity contribution in [3.05, 3.63) is 82.5 Å². The number of amides is 4. The number of benzene rings is 3. The number of rotatable bonds is 16. The predicted octanol–water partition coefficient (Wildman–Crippen LogP) is 0.378. The number of aliphatic carboxylic acids is 1. The van der Waals surface area contributed by atoms with Gasteiger partial charge in [0.25, 0.3) is 5.91 Å². The molecule has 15 N–H and O–H groups in total. The van der Waals surface area contributed by atoms with E-state index < -0.39 is 78.3 Å². The summed E-state index contributed by atoms with van der Waals surface area (Å²) in [6, 6.07) is 8.72. The molecule has 4 aromatic rings. The van der Waals surface area contributed by atoms with E-state index in [4.69, 9.17) is 32.4 Å². The summed E-state index contributed by atoms with van der Waals surface area (Å²) in [5.74, 6) is -5.45. The minimum Gasteiger partial charge on any atom is -0.504 e. The van der Waals surface area contributed by atoms with E-state index in [2.05, 4.69) is 25.9 Å². The Morgan fingerprint density at radius 2 is 1.54 bits per heavy atom. The molecular formula is C47H62N10O11. The Morgan fingerprint density at radius 1 is 0.897 bits per heavy atom. The Labute approximate surface area is 393 Å². The molecule has 1 aromatic heterocycles. The Hall–Kier alpha value is -6.91. The first-order valence-electron chi connectivity index (χ1n) is 22.0. The molecule has 366 valence electrons. The number of carbonyl (C=O) groups is 5. The largest absolute Gasteiger partial charge is 0.504 e. The van der Waals surface area contributed by atoms with Gasteiger partial charge in [-0.25, -0.2) is 14.8 Å². The van der Waals surface area contributed by atoms with Gasteiger partial charge in [-0.3, -0.25) is 19.2 Å². The zero-order valence-corrected chi connectivity index (χ0v) is 38.9. The molecule has 0 spiro atoms. The summed E-state index contributed by atoms with van der Waals surface area (Å²) in [7, 11) is 1.27. The van der Waals surface area contributed by atoms with Gasteiger partial charge in [0.15, 0.2) is 17.3 Å². The molecule has 4 amide bonds. The SMILES string of the molecule is Cc1nc(-c2ccccc2C(C)(C)C)nc(N)c1C(=O)N[C@@H](CCN)C(=O)N(C)[C@@H]1C(=O)N[C@@H](C)C(=O)N[C@H](C(=O)O)Cc2ccc(OC[C@H](O)CN)c(c2)-c2cc1cc(OC[C@H](O)CN)c2O. The summed E-state index contributed by atoms with van der Waals surface area (Å²) < 4.78 is 11.8. The summed E-state index contributed by atoms with van der Waals surface area (Å²) >= 11 is 0. The number of ether oxygens (including phenoxy) is 2. The number of fused-ring (bicyclic) bond motifs is 5. The number of aromatic nitrogens is 2. The van der Waals surface area contributed by atoms with Gasteiger partial charge < -0.3 is 73.7 Å². The maximum absolute atomic E-state index is 14.8. The number of aliphatic hydroxyl groups excluding tert-OH is 2. The molecule has 0 saturated carbocycles. The van der Waals surface area contributed by atoms with Crippen LogP contribution in [0.3, 0.4) is 0 Å². The van der Waals surface area contributed by atoms with Crippen LogP contribution < -0.4 is 48.4 Å². The second-order valence-corrected chi connectivity index (χ2v) is 17.6. The van der Waals surface area contributed by atoms with E-state index in [0.717, 1.165) is 16.0 Å². The van der Waals surface area contributed by atoms with Gasteiger partial charge in [0.2, 0.25) is 17.7 Å². The van der Waals surface area contributed by atoms with E-state index in [1.54, 1.807) is 6.92 Å². The number of carbonyl (C=O) groups excluding carboxylic acids is 4. The number of likely N-dealkylation sites (N-methyl/N-ethyl adjacent to an activating group) is 1. The standard InChI is InChI=1S/C47H62N10O11/c1-23-37(40(51)56-41(52-23)29-9-7-8-10-32(29)47(3,4)5)43(62)54-33(13-14-48)45(64)57(6)38-26-17-31(39(60)36(18-26)68-22-28(59)20-50)30-15-25(11-12-35(30)67-21-27(58)19-49)16-34(46(65)66)55-42(61)24(2)53-44(38)63/h7-12,15,17-18,24,27-28,33-34,38,58-60H,13-14,16,19-22,48-50H2,1-6H3,(H,53,63)(H,54,62)(H,55,61)(H,65,66)(H2,51,52,56)/t24-,27+,28+,33-,34-,38-/m0/s1. The van der Waals surface area contributed by atoms with Crippen molar-refractivity contribution in [1.82, 2.24) is 30.8 Å². The Kier molecular flexibility index (Phi) is 17.0. The lowest BCUT2D eigenvalue weighted by atomic mass is 9.83. The summed E-state index contributed by atoms with van der Waals surface area (Å²) in [4.78, 5) is 79.7. The van der Waals surface area contributed by atoms with Gasteiger partial charge in [-0.05, 0) is 73.2 Å². The average molecular weight is 943 g/mol. The van der Waals surface area contributed by atoms with E-state index in [9.17, 15) is 44.4 Å². The summed E-state index contributed by atoms with van der Waals surface area (Å²) in [6.07, 6.45) is -2.70. The number of hydrogen-bond donors (Lipinski definition) is 11. The van der Waals surface area contributed by atoms with Crippen molar-refractivity contribution in [2.75, 3.05) is 45.6 Å². The normalized spacial score (nSPS) is 17.7. The third-order valence-corrected chi connectivity index (χ3v) is 11.3. The molecule has 0 unspecified atom stereocenters. The van der Waals surface area contributed by atoms with Gasteiger partial charge in [-0.15, -0.1) is 0 Å². The van der Waals surface area contributed by atoms with E-state index >= 15 is 0 Å². The maximum atomic E-state index is 14.8. The van der Waals surface area contributed by atoms with E-state index in [1.807, 2.05) is 45.0 Å². The third kappa shape index (κ3) is 12.2. The van der Waals surface area contributed by atoms with Crippen LogP contribution in [-0.4, -0.2) is 135 Å². The number of carboxylic acid groups (broad SMARTS) is 1. The monoisotopic (exact) mass is 942 g/mol. The van der Waals surface area contributed by atoms with Crippen LogP contribution in [0.15, 0.2) is 54.6 Å². The quantitative estimate of drug-likeness (QED) is 0.0723. The first-order chi connectivity index (χ1) is 32.1. The lowest BCUT2D eigenvalue weighted by Gasteiger charge is -2.33. The van der Waals surface area contributed by atoms with E-state index in [1.165, 1.54) is 44.3 Å². The molecule has 6 atom stereocenters. The van der Waals surface area contributed by atoms with Gasteiger partial charge in [-0.1, -0.05) is 51.1 Å². The smallest absolute Gasteiger partial charge is 0.326 e. The fraction of sp³-hybridized carbons (Fsp3) is 0.426. The number of aliphatic hydroxyl groups is 2. The number of nitrogens with one attached hydrogen (secondary N) is 3.